The van der Waals surface area contributed by atoms with Gasteiger partial charge in [0.1, 0.15) is 12.2 Å². The molecule has 4 aliphatic rings. The third kappa shape index (κ3) is 3.79. The van der Waals surface area contributed by atoms with Gasteiger partial charge in [0.2, 0.25) is 0 Å². The molecule has 0 radical (unpaired) electrons. The van der Waals surface area contributed by atoms with Crippen LogP contribution in [-0.4, -0.2) is 13.2 Å². The Bertz CT molecular complexity index is 1580. The van der Waals surface area contributed by atoms with Gasteiger partial charge in [-0.25, -0.2) is 0 Å². The standard InChI is InChI=1S/C38H30O2/c1-5-13-25(14-6-1)35-31-21-29(33(31)23-39-37(35)27-17-9-3-10-18-27)30-22-32-34(30)24-40-38(28-19-11-4-12-20-28)36(32)26-15-7-2-8-16-26/h1-20,37-38H,21-24H2. The first kappa shape index (κ1) is 23.6. The molecule has 2 unspecified atom stereocenters. The van der Waals surface area contributed by atoms with E-state index in [0.717, 1.165) is 12.8 Å². The van der Waals surface area contributed by atoms with Crippen LogP contribution in [0.5, 0.6) is 0 Å². The van der Waals surface area contributed by atoms with E-state index in [0.29, 0.717) is 13.2 Å². The number of ether oxygens (including phenoxy) is 2. The molecule has 2 aliphatic carbocycles. The molecule has 2 aliphatic heterocycles. The fourth-order valence-corrected chi connectivity index (χ4v) is 6.86. The van der Waals surface area contributed by atoms with E-state index >= 15 is 0 Å². The molecule has 2 atom stereocenters. The lowest BCUT2D eigenvalue weighted by Gasteiger charge is -2.44. The molecule has 0 amide bonds. The molecule has 40 heavy (non-hydrogen) atoms. The minimum absolute atomic E-state index is 0.0345. The Labute approximate surface area is 235 Å². The Kier molecular flexibility index (Phi) is 5.76. The number of hydrogen-bond donors (Lipinski definition) is 0. The van der Waals surface area contributed by atoms with Crippen molar-refractivity contribution in [2.45, 2.75) is 25.0 Å². The van der Waals surface area contributed by atoms with E-state index in [4.69, 9.17) is 9.47 Å². The molecular weight excluding hydrogens is 488 g/mol. The monoisotopic (exact) mass is 518 g/mol. The first-order chi connectivity index (χ1) is 19.9. The number of benzene rings is 4. The van der Waals surface area contributed by atoms with Gasteiger partial charge < -0.3 is 9.47 Å². The molecule has 0 bridgehead atoms. The van der Waals surface area contributed by atoms with Crippen LogP contribution >= 0.6 is 0 Å². The largest absolute Gasteiger partial charge is 0.364 e. The lowest BCUT2D eigenvalue weighted by atomic mass is 9.65. The maximum Gasteiger partial charge on any atom is 0.109 e. The van der Waals surface area contributed by atoms with E-state index in [1.165, 1.54) is 66.8 Å². The third-order valence-corrected chi connectivity index (χ3v) is 8.87. The fraction of sp³-hybridized carbons (Fsp3) is 0.158. The van der Waals surface area contributed by atoms with Gasteiger partial charge in [0.25, 0.3) is 0 Å². The first-order valence-corrected chi connectivity index (χ1v) is 14.2. The summed E-state index contributed by atoms with van der Waals surface area (Å²) in [7, 11) is 0. The van der Waals surface area contributed by atoms with E-state index in [1.807, 2.05) is 0 Å². The number of rotatable bonds is 5. The average molecular weight is 519 g/mol. The molecule has 0 saturated heterocycles. The second kappa shape index (κ2) is 9.75. The summed E-state index contributed by atoms with van der Waals surface area (Å²) < 4.78 is 13.3. The Balaban J connectivity index is 1.23. The highest BCUT2D eigenvalue weighted by Gasteiger charge is 2.42. The van der Waals surface area contributed by atoms with Crippen molar-refractivity contribution in [1.82, 2.24) is 0 Å². The van der Waals surface area contributed by atoms with Gasteiger partial charge in [-0.1, -0.05) is 121 Å². The van der Waals surface area contributed by atoms with Crippen LogP contribution in [-0.2, 0) is 9.47 Å². The lowest BCUT2D eigenvalue weighted by Crippen LogP contribution is -2.30. The quantitative estimate of drug-likeness (QED) is 0.263. The highest BCUT2D eigenvalue weighted by molar-refractivity contribution is 5.86. The zero-order chi connectivity index (χ0) is 26.5. The second-order valence-electron chi connectivity index (χ2n) is 11.0. The van der Waals surface area contributed by atoms with Crippen LogP contribution in [0.3, 0.4) is 0 Å². The lowest BCUT2D eigenvalue weighted by molar-refractivity contribution is 0.100. The summed E-state index contributed by atoms with van der Waals surface area (Å²) >= 11 is 0. The summed E-state index contributed by atoms with van der Waals surface area (Å²) in [5.41, 5.74) is 16.3. The minimum Gasteiger partial charge on any atom is -0.364 e. The van der Waals surface area contributed by atoms with E-state index in [2.05, 4.69) is 121 Å². The summed E-state index contributed by atoms with van der Waals surface area (Å²) in [6.07, 6.45) is 1.93. The van der Waals surface area contributed by atoms with E-state index in [9.17, 15) is 0 Å². The van der Waals surface area contributed by atoms with Gasteiger partial charge in [0.05, 0.1) is 13.2 Å². The van der Waals surface area contributed by atoms with Crippen molar-refractivity contribution in [3.63, 3.8) is 0 Å². The van der Waals surface area contributed by atoms with Crippen LogP contribution in [0.25, 0.3) is 11.1 Å². The summed E-state index contributed by atoms with van der Waals surface area (Å²) in [5, 5.41) is 0. The van der Waals surface area contributed by atoms with Gasteiger partial charge >= 0.3 is 0 Å². The zero-order valence-electron chi connectivity index (χ0n) is 22.3. The van der Waals surface area contributed by atoms with Crippen molar-refractivity contribution in [2.75, 3.05) is 13.2 Å². The van der Waals surface area contributed by atoms with Crippen molar-refractivity contribution < 1.29 is 9.47 Å². The molecule has 0 aromatic heterocycles. The van der Waals surface area contributed by atoms with Crippen molar-refractivity contribution in [1.29, 1.82) is 0 Å². The fourth-order valence-electron chi connectivity index (χ4n) is 6.86. The van der Waals surface area contributed by atoms with Crippen molar-refractivity contribution >= 4 is 11.1 Å². The summed E-state index contributed by atoms with van der Waals surface area (Å²) in [6, 6.07) is 42.9. The molecule has 194 valence electrons. The molecule has 0 N–H and O–H groups in total. The van der Waals surface area contributed by atoms with E-state index in [-0.39, 0.29) is 12.2 Å². The highest BCUT2D eigenvalue weighted by atomic mass is 16.5. The maximum atomic E-state index is 6.63. The topological polar surface area (TPSA) is 18.5 Å². The molecule has 4 aromatic rings. The Hall–Kier alpha value is -4.24. The average Bonchev–Trinajstić information content (AvgIpc) is 3.01. The predicted molar refractivity (Wildman–Crippen MR) is 160 cm³/mol. The first-order valence-electron chi connectivity index (χ1n) is 14.2. The molecule has 0 spiro atoms. The van der Waals surface area contributed by atoms with Gasteiger partial charge in [-0.05, 0) is 79.7 Å². The minimum atomic E-state index is -0.0345. The summed E-state index contributed by atoms with van der Waals surface area (Å²) in [4.78, 5) is 0. The van der Waals surface area contributed by atoms with Gasteiger partial charge in [-0.3, -0.25) is 0 Å². The van der Waals surface area contributed by atoms with Crippen LogP contribution in [0.2, 0.25) is 0 Å². The van der Waals surface area contributed by atoms with Gasteiger partial charge in [0, 0.05) is 0 Å². The van der Waals surface area contributed by atoms with Gasteiger partial charge in [-0.15, -0.1) is 0 Å². The molecule has 2 nitrogen and oxygen atoms in total. The van der Waals surface area contributed by atoms with Crippen LogP contribution < -0.4 is 0 Å². The second-order valence-corrected chi connectivity index (χ2v) is 11.0. The Morgan fingerprint density at radius 3 is 1.10 bits per heavy atom. The molecule has 2 heterocycles. The molecule has 4 aromatic carbocycles. The number of hydrogen-bond acceptors (Lipinski definition) is 2. The SMILES string of the molecule is c1ccc(C2=C3CC(C4=C5COC(c6ccccc6)C(c6ccccc6)=C5C4)=C3COC2c2ccccc2)cc1. The summed E-state index contributed by atoms with van der Waals surface area (Å²) in [6.45, 7) is 1.32. The highest BCUT2D eigenvalue weighted by Crippen LogP contribution is 2.57. The third-order valence-electron chi connectivity index (χ3n) is 8.87. The molecule has 8 rings (SSSR count). The Morgan fingerprint density at radius 2 is 0.725 bits per heavy atom. The molecule has 0 fully saturated rings. The van der Waals surface area contributed by atoms with Crippen LogP contribution in [0.4, 0.5) is 0 Å². The Morgan fingerprint density at radius 1 is 0.375 bits per heavy atom. The van der Waals surface area contributed by atoms with Crippen LogP contribution in [0, 0.1) is 0 Å². The van der Waals surface area contributed by atoms with E-state index < -0.39 is 0 Å². The maximum absolute atomic E-state index is 6.63. The van der Waals surface area contributed by atoms with Crippen LogP contribution in [0.1, 0.15) is 47.3 Å². The smallest absolute Gasteiger partial charge is 0.109 e. The predicted octanol–water partition coefficient (Wildman–Crippen LogP) is 8.84. The van der Waals surface area contributed by atoms with Gasteiger partial charge in [0.15, 0.2) is 0 Å². The van der Waals surface area contributed by atoms with Crippen LogP contribution in [0.15, 0.2) is 155 Å². The van der Waals surface area contributed by atoms with Crippen molar-refractivity contribution in [2.24, 2.45) is 0 Å². The normalized spacial score (nSPS) is 22.0. The summed E-state index contributed by atoms with van der Waals surface area (Å²) in [5.74, 6) is 0. The molecule has 0 saturated carbocycles. The number of fused-ring (bicyclic) bond motifs is 2. The van der Waals surface area contributed by atoms with Gasteiger partial charge in [-0.2, -0.15) is 0 Å². The molecule has 2 heteroatoms. The van der Waals surface area contributed by atoms with Crippen molar-refractivity contribution in [3.8, 4) is 0 Å². The number of allylic oxidation sites excluding steroid dienone is 2. The van der Waals surface area contributed by atoms with E-state index in [1.54, 1.807) is 0 Å². The molecular formula is C38H30O2. The van der Waals surface area contributed by atoms with Crippen molar-refractivity contribution in [3.05, 3.63) is 177 Å². The zero-order valence-corrected chi connectivity index (χ0v) is 22.3.